The summed E-state index contributed by atoms with van der Waals surface area (Å²) in [6, 6.07) is 17.5. The van der Waals surface area contributed by atoms with Crippen molar-refractivity contribution in [1.82, 2.24) is 9.80 Å². The predicted octanol–water partition coefficient (Wildman–Crippen LogP) is 5.57. The molecule has 2 aliphatic rings. The van der Waals surface area contributed by atoms with Crippen molar-refractivity contribution in [3.63, 3.8) is 0 Å². The van der Waals surface area contributed by atoms with E-state index in [0.717, 1.165) is 27.6 Å². The first-order valence-corrected chi connectivity index (χ1v) is 12.6. The van der Waals surface area contributed by atoms with E-state index in [1.54, 1.807) is 4.90 Å². The van der Waals surface area contributed by atoms with Gasteiger partial charge in [-0.15, -0.1) is 0 Å². The molecule has 0 bridgehead atoms. The van der Waals surface area contributed by atoms with Gasteiger partial charge in [0.2, 0.25) is 5.91 Å². The van der Waals surface area contributed by atoms with Crippen LogP contribution in [0.15, 0.2) is 82.0 Å². The number of hydrogen-bond acceptors (Lipinski definition) is 6. The second-order valence-corrected chi connectivity index (χ2v) is 9.95. The molecule has 7 heteroatoms. The zero-order chi connectivity index (χ0) is 25.1. The number of carbonyl (C=O) groups is 2. The summed E-state index contributed by atoms with van der Waals surface area (Å²) < 4.78 is 5.63. The number of allylic oxidation sites excluding steroid dienone is 1. The molecule has 0 saturated heterocycles. The molecule has 2 aromatic rings. The maximum Gasteiger partial charge on any atom is 0.338 e. The average Bonchev–Trinajstić information content (AvgIpc) is 3.20. The van der Waals surface area contributed by atoms with E-state index in [4.69, 9.17) is 9.73 Å². The molecule has 2 heterocycles. The van der Waals surface area contributed by atoms with Crippen molar-refractivity contribution in [2.24, 2.45) is 4.99 Å². The quantitative estimate of drug-likeness (QED) is 0.476. The number of hydrogen-bond donors (Lipinski definition) is 0. The Morgan fingerprint density at radius 1 is 1.09 bits per heavy atom. The standard InChI is InChI=1S/C28H31N3O3S/c1-18(2)34-27(33)25-20(4)29-28-31(26(25)23-14-10-9-11-19(23)3)22(17-35-28)15-24(32)30(5)16-21-12-7-6-8-13-21/h6-14,17-18,26H,15-16H2,1-5H3/t26-/m1/s1. The third kappa shape index (κ3) is 5.35. The molecule has 0 fully saturated rings. The van der Waals surface area contributed by atoms with Gasteiger partial charge >= 0.3 is 5.97 Å². The highest BCUT2D eigenvalue weighted by molar-refractivity contribution is 8.16. The van der Waals surface area contributed by atoms with Crippen LogP contribution >= 0.6 is 11.8 Å². The monoisotopic (exact) mass is 489 g/mol. The number of fused-ring (bicyclic) bond motifs is 1. The summed E-state index contributed by atoms with van der Waals surface area (Å²) in [6.45, 7) is 8.10. The van der Waals surface area contributed by atoms with E-state index >= 15 is 0 Å². The van der Waals surface area contributed by atoms with Gasteiger partial charge in [0.1, 0.15) is 0 Å². The minimum absolute atomic E-state index is 0.00284. The van der Waals surface area contributed by atoms with Gasteiger partial charge in [0.05, 0.1) is 29.8 Å². The Labute approximate surface area is 211 Å². The average molecular weight is 490 g/mol. The molecule has 1 atom stereocenters. The Bertz CT molecular complexity index is 1220. The van der Waals surface area contributed by atoms with Crippen molar-refractivity contribution in [2.45, 2.75) is 52.8 Å². The number of aryl methyl sites for hydroxylation is 1. The Morgan fingerprint density at radius 2 is 1.77 bits per heavy atom. The molecule has 1 amide bonds. The molecule has 0 saturated carbocycles. The first-order chi connectivity index (χ1) is 16.8. The molecule has 0 spiro atoms. The summed E-state index contributed by atoms with van der Waals surface area (Å²) in [4.78, 5) is 35.0. The van der Waals surface area contributed by atoms with Crippen molar-refractivity contribution < 1.29 is 14.3 Å². The van der Waals surface area contributed by atoms with Crippen molar-refractivity contribution in [2.75, 3.05) is 7.05 Å². The molecule has 0 unspecified atom stereocenters. The van der Waals surface area contributed by atoms with Gasteiger partial charge < -0.3 is 14.5 Å². The molecular formula is C28H31N3O3S. The Kier molecular flexibility index (Phi) is 7.45. The topological polar surface area (TPSA) is 62.2 Å². The summed E-state index contributed by atoms with van der Waals surface area (Å²) >= 11 is 1.48. The van der Waals surface area contributed by atoms with E-state index in [2.05, 4.69) is 0 Å². The molecule has 4 rings (SSSR count). The third-order valence-corrected chi connectivity index (χ3v) is 6.96. The highest BCUT2D eigenvalue weighted by Gasteiger charge is 2.42. The van der Waals surface area contributed by atoms with E-state index in [-0.39, 0.29) is 24.4 Å². The molecule has 2 aromatic carbocycles. The highest BCUT2D eigenvalue weighted by Crippen LogP contribution is 2.45. The van der Waals surface area contributed by atoms with Gasteiger partial charge in [-0.3, -0.25) is 4.79 Å². The first kappa shape index (κ1) is 24.8. The van der Waals surface area contributed by atoms with Crippen LogP contribution < -0.4 is 0 Å². The lowest BCUT2D eigenvalue weighted by molar-refractivity contribution is -0.143. The van der Waals surface area contributed by atoms with Gasteiger partial charge in [0, 0.05) is 19.3 Å². The van der Waals surface area contributed by atoms with Crippen molar-refractivity contribution in [3.05, 3.63) is 93.7 Å². The smallest absolute Gasteiger partial charge is 0.338 e. The van der Waals surface area contributed by atoms with Crippen LogP contribution in [0.2, 0.25) is 0 Å². The normalized spacial score (nSPS) is 17.2. The second-order valence-electron chi connectivity index (χ2n) is 9.12. The van der Waals surface area contributed by atoms with E-state index in [0.29, 0.717) is 17.8 Å². The number of benzene rings is 2. The summed E-state index contributed by atoms with van der Waals surface area (Å²) in [6.07, 6.45) is -0.0367. The summed E-state index contributed by atoms with van der Waals surface area (Å²) in [5.41, 5.74) is 5.11. The van der Waals surface area contributed by atoms with Crippen molar-refractivity contribution in [1.29, 1.82) is 0 Å². The molecule has 6 nitrogen and oxygen atoms in total. The number of amidine groups is 1. The lowest BCUT2D eigenvalue weighted by Crippen LogP contribution is -2.38. The molecule has 2 aliphatic heterocycles. The van der Waals surface area contributed by atoms with Crippen LogP contribution in [-0.4, -0.2) is 40.0 Å². The lowest BCUT2D eigenvalue weighted by Gasteiger charge is -2.37. The Balaban J connectivity index is 1.65. The van der Waals surface area contributed by atoms with Gasteiger partial charge in [-0.25, -0.2) is 9.79 Å². The van der Waals surface area contributed by atoms with Gasteiger partial charge in [-0.1, -0.05) is 66.4 Å². The number of nitrogens with zero attached hydrogens (tertiary/aromatic N) is 3. The van der Waals surface area contributed by atoms with Crippen LogP contribution in [0.3, 0.4) is 0 Å². The number of rotatable bonds is 7. The molecule has 182 valence electrons. The molecule has 0 aromatic heterocycles. The minimum atomic E-state index is -0.413. The second kappa shape index (κ2) is 10.5. The van der Waals surface area contributed by atoms with Crippen LogP contribution in [0.4, 0.5) is 0 Å². The van der Waals surface area contributed by atoms with Gasteiger partial charge in [0.15, 0.2) is 5.17 Å². The van der Waals surface area contributed by atoms with Gasteiger partial charge in [0.25, 0.3) is 0 Å². The Morgan fingerprint density at radius 3 is 2.46 bits per heavy atom. The number of aliphatic imine (C=N–C) groups is 1. The summed E-state index contributed by atoms with van der Waals surface area (Å²) in [5.74, 6) is -0.375. The van der Waals surface area contributed by atoms with E-state index < -0.39 is 6.04 Å². The van der Waals surface area contributed by atoms with Crippen LogP contribution in [-0.2, 0) is 20.9 Å². The SMILES string of the molecule is CC1=C(C(=O)OC(C)C)[C@@H](c2ccccc2C)N2C(CC(=O)N(C)Cc3ccccc3)=CSC2=N1. The van der Waals surface area contributed by atoms with Crippen LogP contribution in [0, 0.1) is 6.92 Å². The van der Waals surface area contributed by atoms with Crippen LogP contribution in [0.25, 0.3) is 0 Å². The number of ether oxygens (including phenoxy) is 1. The summed E-state index contributed by atoms with van der Waals surface area (Å²) in [7, 11) is 1.82. The van der Waals surface area contributed by atoms with E-state index in [9.17, 15) is 9.59 Å². The molecule has 0 N–H and O–H groups in total. The van der Waals surface area contributed by atoms with E-state index in [1.807, 2.05) is 99.6 Å². The van der Waals surface area contributed by atoms with Crippen LogP contribution in [0.1, 0.15) is 49.9 Å². The number of amides is 1. The van der Waals surface area contributed by atoms with E-state index in [1.165, 1.54) is 11.8 Å². The van der Waals surface area contributed by atoms with Gasteiger partial charge in [-0.2, -0.15) is 0 Å². The fourth-order valence-electron chi connectivity index (χ4n) is 4.33. The third-order valence-electron chi connectivity index (χ3n) is 6.07. The number of thioether (sulfide) groups is 1. The largest absolute Gasteiger partial charge is 0.459 e. The number of esters is 1. The van der Waals surface area contributed by atoms with Crippen LogP contribution in [0.5, 0.6) is 0 Å². The zero-order valence-corrected chi connectivity index (χ0v) is 21.6. The molecule has 0 radical (unpaired) electrons. The minimum Gasteiger partial charge on any atom is -0.459 e. The van der Waals surface area contributed by atoms with Crippen molar-refractivity contribution >= 4 is 28.8 Å². The maximum atomic E-state index is 13.3. The number of carbonyl (C=O) groups excluding carboxylic acids is 2. The van der Waals surface area contributed by atoms with Gasteiger partial charge in [-0.05, 0) is 49.8 Å². The molecule has 0 aliphatic carbocycles. The molecule has 35 heavy (non-hydrogen) atoms. The molecular weight excluding hydrogens is 458 g/mol. The van der Waals surface area contributed by atoms with Crippen molar-refractivity contribution in [3.8, 4) is 0 Å². The summed E-state index contributed by atoms with van der Waals surface area (Å²) in [5, 5.41) is 2.74. The maximum absolute atomic E-state index is 13.3. The fraction of sp³-hybridized carbons (Fsp3) is 0.321. The first-order valence-electron chi connectivity index (χ1n) is 11.7. The highest BCUT2D eigenvalue weighted by atomic mass is 32.2. The predicted molar refractivity (Wildman–Crippen MR) is 140 cm³/mol. The zero-order valence-electron chi connectivity index (χ0n) is 20.8. The lowest BCUT2D eigenvalue weighted by atomic mass is 9.91. The fourth-order valence-corrected chi connectivity index (χ4v) is 5.30. The Hall–Kier alpha value is -3.32.